The summed E-state index contributed by atoms with van der Waals surface area (Å²) in [6, 6.07) is 0.0284. The average Bonchev–Trinajstić information content (AvgIpc) is 2.59. The van der Waals surface area contributed by atoms with Gasteiger partial charge in [-0.25, -0.2) is 0 Å². The van der Waals surface area contributed by atoms with Crippen LogP contribution in [0, 0.1) is 11.8 Å². The minimum absolute atomic E-state index is 0.153. The van der Waals surface area contributed by atoms with Crippen molar-refractivity contribution in [3.05, 3.63) is 0 Å². The molecule has 2 N–H and O–H groups in total. The molecule has 1 rings (SSSR count). The van der Waals surface area contributed by atoms with Crippen molar-refractivity contribution in [2.75, 3.05) is 0 Å². The molecule has 0 bridgehead atoms. The number of carboxylic acids is 1. The first-order chi connectivity index (χ1) is 7.06. The lowest BCUT2D eigenvalue weighted by molar-refractivity contribution is -0.141. The summed E-state index contributed by atoms with van der Waals surface area (Å²) in [5.74, 6) is 0.109. The highest BCUT2D eigenvalue weighted by Gasteiger charge is 2.31. The molecule has 3 nitrogen and oxygen atoms in total. The highest BCUT2D eigenvalue weighted by molar-refractivity contribution is 5.73. The number of carbonyl (C=O) groups is 1. The van der Waals surface area contributed by atoms with Crippen LogP contribution in [0.25, 0.3) is 0 Å². The van der Waals surface area contributed by atoms with Crippen molar-refractivity contribution in [3.8, 4) is 0 Å². The zero-order valence-corrected chi connectivity index (χ0v) is 9.99. The van der Waals surface area contributed by atoms with Crippen LogP contribution in [0.4, 0.5) is 0 Å². The highest BCUT2D eigenvalue weighted by atomic mass is 16.4. The number of hydrogen-bond donors (Lipinski definition) is 2. The summed E-state index contributed by atoms with van der Waals surface area (Å²) >= 11 is 0. The molecule has 3 unspecified atom stereocenters. The smallest absolute Gasteiger partial charge is 0.320 e. The van der Waals surface area contributed by atoms with Crippen LogP contribution < -0.4 is 5.32 Å². The Kier molecular flexibility index (Phi) is 4.58. The lowest BCUT2D eigenvalue weighted by atomic mass is 9.97. The van der Waals surface area contributed by atoms with E-state index >= 15 is 0 Å². The van der Waals surface area contributed by atoms with Gasteiger partial charge in [0.25, 0.3) is 0 Å². The predicted molar refractivity (Wildman–Crippen MR) is 60.8 cm³/mol. The molecule has 0 aromatic heterocycles. The van der Waals surface area contributed by atoms with Gasteiger partial charge >= 0.3 is 5.97 Å². The van der Waals surface area contributed by atoms with E-state index in [1.807, 2.05) is 13.8 Å². The van der Waals surface area contributed by atoms with Crippen molar-refractivity contribution in [1.82, 2.24) is 5.32 Å². The normalized spacial score (nSPS) is 28.3. The Morgan fingerprint density at radius 1 is 1.47 bits per heavy atom. The summed E-state index contributed by atoms with van der Waals surface area (Å²) in [5, 5.41) is 12.4. The standard InChI is InChI=1S/C12H23NO2/c1-4-9-6-5-7-10(9)13-11(8(2)3)12(14)15/h8-11,13H,4-7H2,1-3H3,(H,14,15). The molecule has 0 spiro atoms. The van der Waals surface area contributed by atoms with Gasteiger partial charge in [0.15, 0.2) is 0 Å². The monoisotopic (exact) mass is 213 g/mol. The first-order valence-corrected chi connectivity index (χ1v) is 6.05. The van der Waals surface area contributed by atoms with Crippen LogP contribution in [0.15, 0.2) is 0 Å². The predicted octanol–water partition coefficient (Wildman–Crippen LogP) is 2.26. The van der Waals surface area contributed by atoms with Crippen molar-refractivity contribution in [2.24, 2.45) is 11.8 Å². The van der Waals surface area contributed by atoms with Gasteiger partial charge in [0, 0.05) is 6.04 Å². The Bertz CT molecular complexity index is 216. The third kappa shape index (κ3) is 3.20. The van der Waals surface area contributed by atoms with Gasteiger partial charge in [0.2, 0.25) is 0 Å². The summed E-state index contributed by atoms with van der Waals surface area (Å²) in [6.45, 7) is 6.11. The molecule has 0 heterocycles. The number of rotatable bonds is 5. The lowest BCUT2D eigenvalue weighted by Gasteiger charge is -2.26. The fourth-order valence-corrected chi connectivity index (χ4v) is 2.52. The van der Waals surface area contributed by atoms with E-state index in [2.05, 4.69) is 12.2 Å². The van der Waals surface area contributed by atoms with Gasteiger partial charge in [-0.3, -0.25) is 4.79 Å². The molecule has 0 radical (unpaired) electrons. The molecule has 0 aromatic carbocycles. The zero-order valence-electron chi connectivity index (χ0n) is 9.99. The quantitative estimate of drug-likeness (QED) is 0.736. The Balaban J connectivity index is 2.54. The molecule has 0 aliphatic heterocycles. The maximum atomic E-state index is 11.1. The molecule has 0 saturated heterocycles. The zero-order chi connectivity index (χ0) is 11.4. The van der Waals surface area contributed by atoms with E-state index in [9.17, 15) is 4.79 Å². The second-order valence-corrected chi connectivity index (χ2v) is 4.93. The minimum atomic E-state index is -0.716. The van der Waals surface area contributed by atoms with Crippen molar-refractivity contribution < 1.29 is 9.90 Å². The molecule has 0 amide bonds. The van der Waals surface area contributed by atoms with Gasteiger partial charge in [-0.05, 0) is 24.7 Å². The Morgan fingerprint density at radius 3 is 2.60 bits per heavy atom. The summed E-state index contributed by atoms with van der Waals surface area (Å²) in [4.78, 5) is 11.1. The average molecular weight is 213 g/mol. The Labute approximate surface area is 92.3 Å². The molecule has 1 aliphatic carbocycles. The van der Waals surface area contributed by atoms with E-state index in [0.717, 1.165) is 12.8 Å². The molecule has 3 atom stereocenters. The van der Waals surface area contributed by atoms with Gasteiger partial charge in [-0.15, -0.1) is 0 Å². The first kappa shape index (κ1) is 12.5. The van der Waals surface area contributed by atoms with E-state index < -0.39 is 5.97 Å². The molecule has 1 aliphatic rings. The Hall–Kier alpha value is -0.570. The van der Waals surface area contributed by atoms with Crippen molar-refractivity contribution in [3.63, 3.8) is 0 Å². The van der Waals surface area contributed by atoms with Gasteiger partial charge in [0.05, 0.1) is 0 Å². The maximum absolute atomic E-state index is 11.1. The Morgan fingerprint density at radius 2 is 2.13 bits per heavy atom. The topological polar surface area (TPSA) is 49.3 Å². The van der Waals surface area contributed by atoms with Gasteiger partial charge in [-0.2, -0.15) is 0 Å². The second kappa shape index (κ2) is 5.50. The van der Waals surface area contributed by atoms with Gasteiger partial charge in [0.1, 0.15) is 6.04 Å². The number of nitrogens with one attached hydrogen (secondary N) is 1. The van der Waals surface area contributed by atoms with Gasteiger partial charge < -0.3 is 10.4 Å². The number of hydrogen-bond acceptors (Lipinski definition) is 2. The fourth-order valence-electron chi connectivity index (χ4n) is 2.52. The van der Waals surface area contributed by atoms with E-state index in [1.54, 1.807) is 0 Å². The van der Waals surface area contributed by atoms with Gasteiger partial charge in [-0.1, -0.05) is 33.6 Å². The fraction of sp³-hybridized carbons (Fsp3) is 0.917. The maximum Gasteiger partial charge on any atom is 0.320 e. The third-order valence-electron chi connectivity index (χ3n) is 3.51. The summed E-state index contributed by atoms with van der Waals surface area (Å²) < 4.78 is 0. The van der Waals surface area contributed by atoms with Crippen LogP contribution in [-0.4, -0.2) is 23.2 Å². The van der Waals surface area contributed by atoms with Crippen molar-refractivity contribution >= 4 is 5.97 Å². The molecule has 1 fully saturated rings. The summed E-state index contributed by atoms with van der Waals surface area (Å²) in [6.07, 6.45) is 4.77. The van der Waals surface area contributed by atoms with Crippen LogP contribution in [0.1, 0.15) is 46.5 Å². The van der Waals surface area contributed by atoms with E-state index in [4.69, 9.17) is 5.11 Å². The van der Waals surface area contributed by atoms with Crippen LogP contribution in [0.5, 0.6) is 0 Å². The SMILES string of the molecule is CCC1CCCC1NC(C(=O)O)C(C)C. The van der Waals surface area contributed by atoms with Crippen LogP contribution >= 0.6 is 0 Å². The van der Waals surface area contributed by atoms with Crippen LogP contribution in [0.3, 0.4) is 0 Å². The van der Waals surface area contributed by atoms with Crippen LogP contribution in [-0.2, 0) is 4.79 Å². The molecule has 3 heteroatoms. The molecule has 0 aromatic rings. The van der Waals surface area contributed by atoms with E-state index in [-0.39, 0.29) is 12.0 Å². The van der Waals surface area contributed by atoms with E-state index in [0.29, 0.717) is 12.0 Å². The van der Waals surface area contributed by atoms with Crippen LogP contribution in [0.2, 0.25) is 0 Å². The molecule has 88 valence electrons. The molecule has 15 heavy (non-hydrogen) atoms. The second-order valence-electron chi connectivity index (χ2n) is 4.93. The highest BCUT2D eigenvalue weighted by Crippen LogP contribution is 2.28. The minimum Gasteiger partial charge on any atom is -0.480 e. The molecular weight excluding hydrogens is 190 g/mol. The number of carboxylic acid groups (broad SMARTS) is 1. The summed E-state index contributed by atoms with van der Waals surface area (Å²) in [5.41, 5.74) is 0. The molecular formula is C12H23NO2. The third-order valence-corrected chi connectivity index (χ3v) is 3.51. The first-order valence-electron chi connectivity index (χ1n) is 6.05. The van der Waals surface area contributed by atoms with Crippen molar-refractivity contribution in [1.29, 1.82) is 0 Å². The van der Waals surface area contributed by atoms with E-state index in [1.165, 1.54) is 12.8 Å². The summed E-state index contributed by atoms with van der Waals surface area (Å²) in [7, 11) is 0. The largest absolute Gasteiger partial charge is 0.480 e. The van der Waals surface area contributed by atoms with Crippen molar-refractivity contribution in [2.45, 2.75) is 58.5 Å². The lowest BCUT2D eigenvalue weighted by Crippen LogP contribution is -2.47. The number of aliphatic carboxylic acids is 1. The molecule has 1 saturated carbocycles.